The molecule has 2 aromatic rings. The molecule has 9 heteroatoms. The van der Waals surface area contributed by atoms with E-state index in [-0.39, 0.29) is 22.6 Å². The summed E-state index contributed by atoms with van der Waals surface area (Å²) in [7, 11) is 0.0456. The van der Waals surface area contributed by atoms with Crippen molar-refractivity contribution >= 4 is 38.9 Å². The number of sulfonamides is 1. The molecule has 0 bridgehead atoms. The molecule has 4 rings (SSSR count). The van der Waals surface area contributed by atoms with Gasteiger partial charge in [0.1, 0.15) is 0 Å². The molecule has 1 saturated heterocycles. The first kappa shape index (κ1) is 23.3. The summed E-state index contributed by atoms with van der Waals surface area (Å²) in [6, 6.07) is 11.5. The van der Waals surface area contributed by atoms with Gasteiger partial charge in [0.15, 0.2) is 0 Å². The van der Waals surface area contributed by atoms with E-state index in [1.807, 2.05) is 19.0 Å². The number of rotatable bonds is 7. The van der Waals surface area contributed by atoms with Crippen LogP contribution in [0.1, 0.15) is 42.5 Å². The number of benzene rings is 2. The maximum Gasteiger partial charge on any atom is 0.255 e. The van der Waals surface area contributed by atoms with Gasteiger partial charge in [-0.2, -0.15) is 4.31 Å². The second-order valence-corrected chi connectivity index (χ2v) is 10.8. The van der Waals surface area contributed by atoms with Gasteiger partial charge in [0.05, 0.1) is 16.3 Å². The summed E-state index contributed by atoms with van der Waals surface area (Å²) >= 11 is 0. The first-order chi connectivity index (χ1) is 15.8. The molecule has 0 unspecified atom stereocenters. The number of nitrogens with zero attached hydrogens (tertiary/aromatic N) is 2. The van der Waals surface area contributed by atoms with Crippen molar-refractivity contribution in [3.8, 4) is 0 Å². The van der Waals surface area contributed by atoms with Crippen LogP contribution in [0.3, 0.4) is 0 Å². The molecule has 33 heavy (non-hydrogen) atoms. The average molecular weight is 471 g/mol. The quantitative estimate of drug-likeness (QED) is 0.645. The Morgan fingerprint density at radius 3 is 2.21 bits per heavy atom. The minimum Gasteiger partial charge on any atom is -0.376 e. The van der Waals surface area contributed by atoms with E-state index in [0.29, 0.717) is 35.7 Å². The molecule has 0 spiro atoms. The first-order valence-corrected chi connectivity index (χ1v) is 12.7. The summed E-state index contributed by atoms with van der Waals surface area (Å²) in [5.74, 6) is -0.244. The third-order valence-electron chi connectivity index (χ3n) is 6.01. The second kappa shape index (κ2) is 9.52. The lowest BCUT2D eigenvalue weighted by molar-refractivity contribution is -0.117. The summed E-state index contributed by atoms with van der Waals surface area (Å²) in [6.45, 7) is 1.03. The maximum atomic E-state index is 13.1. The van der Waals surface area contributed by atoms with E-state index in [1.54, 1.807) is 36.4 Å². The van der Waals surface area contributed by atoms with Crippen LogP contribution in [0.5, 0.6) is 0 Å². The molecular formula is C24H30N4O4S. The van der Waals surface area contributed by atoms with E-state index in [1.165, 1.54) is 10.4 Å². The average Bonchev–Trinajstić information content (AvgIpc) is 3.65. The highest BCUT2D eigenvalue weighted by Crippen LogP contribution is 2.31. The van der Waals surface area contributed by atoms with Crippen LogP contribution >= 0.6 is 0 Å². The number of hydrogen-bond donors (Lipinski definition) is 2. The summed E-state index contributed by atoms with van der Waals surface area (Å²) < 4.78 is 27.8. The fourth-order valence-electron chi connectivity index (χ4n) is 3.91. The Morgan fingerprint density at radius 1 is 0.939 bits per heavy atom. The number of carbonyl (C=O) groups excluding carboxylic acids is 2. The van der Waals surface area contributed by atoms with Gasteiger partial charge in [-0.1, -0.05) is 6.42 Å². The third kappa shape index (κ3) is 5.36. The van der Waals surface area contributed by atoms with Crippen LogP contribution in [-0.2, 0) is 14.8 Å². The Bertz CT molecular complexity index is 1140. The van der Waals surface area contributed by atoms with E-state index in [2.05, 4.69) is 10.6 Å². The Hall–Kier alpha value is -2.91. The third-order valence-corrected chi connectivity index (χ3v) is 7.91. The lowest BCUT2D eigenvalue weighted by Gasteiger charge is -2.26. The highest BCUT2D eigenvalue weighted by Gasteiger charge is 2.29. The molecule has 2 aromatic carbocycles. The Labute approximate surface area is 195 Å². The number of hydrogen-bond acceptors (Lipinski definition) is 5. The molecule has 1 aliphatic carbocycles. The zero-order chi connectivity index (χ0) is 23.6. The zero-order valence-corrected chi connectivity index (χ0v) is 19.8. The van der Waals surface area contributed by atoms with Crippen molar-refractivity contribution in [2.45, 2.75) is 37.0 Å². The number of carbonyl (C=O) groups is 2. The van der Waals surface area contributed by atoms with Gasteiger partial charge < -0.3 is 15.5 Å². The standard InChI is InChI=1S/C24H30N4O4S/c1-27(2)22-13-12-20(33(31,32)28-14-4-3-5-15-28)16-21(22)26-24(30)18-8-10-19(11-9-18)25-23(29)17-6-7-17/h8-13,16-17H,3-7,14-15H2,1-2H3,(H,25,29)(H,26,30). The van der Waals surface area contributed by atoms with Gasteiger partial charge in [0.25, 0.3) is 5.91 Å². The monoisotopic (exact) mass is 470 g/mol. The fraction of sp³-hybridized carbons (Fsp3) is 0.417. The molecule has 176 valence electrons. The largest absolute Gasteiger partial charge is 0.376 e. The van der Waals surface area contributed by atoms with Gasteiger partial charge in [-0.3, -0.25) is 9.59 Å². The van der Waals surface area contributed by atoms with Crippen molar-refractivity contribution in [3.05, 3.63) is 48.0 Å². The van der Waals surface area contributed by atoms with Crippen LogP contribution < -0.4 is 15.5 Å². The van der Waals surface area contributed by atoms with Gasteiger partial charge in [-0.15, -0.1) is 0 Å². The number of anilines is 3. The summed E-state index contributed by atoms with van der Waals surface area (Å²) in [5, 5.41) is 5.71. The first-order valence-electron chi connectivity index (χ1n) is 11.3. The van der Waals surface area contributed by atoms with Gasteiger partial charge in [0, 0.05) is 44.4 Å². The lowest BCUT2D eigenvalue weighted by Crippen LogP contribution is -2.35. The van der Waals surface area contributed by atoms with Crippen molar-refractivity contribution in [1.82, 2.24) is 4.31 Å². The maximum absolute atomic E-state index is 13.1. The van der Waals surface area contributed by atoms with Gasteiger partial charge in [0.2, 0.25) is 15.9 Å². The highest BCUT2D eigenvalue weighted by molar-refractivity contribution is 7.89. The van der Waals surface area contributed by atoms with E-state index in [0.717, 1.165) is 32.1 Å². The van der Waals surface area contributed by atoms with Crippen LogP contribution in [0.15, 0.2) is 47.4 Å². The minimum atomic E-state index is -3.62. The topological polar surface area (TPSA) is 98.8 Å². The molecule has 8 nitrogen and oxygen atoms in total. The van der Waals surface area contributed by atoms with Crippen molar-refractivity contribution in [1.29, 1.82) is 0 Å². The van der Waals surface area contributed by atoms with Crippen LogP contribution in [0, 0.1) is 5.92 Å². The van der Waals surface area contributed by atoms with E-state index >= 15 is 0 Å². The summed E-state index contributed by atoms with van der Waals surface area (Å²) in [4.78, 5) is 26.8. The lowest BCUT2D eigenvalue weighted by atomic mass is 10.1. The SMILES string of the molecule is CN(C)c1ccc(S(=O)(=O)N2CCCCC2)cc1NC(=O)c1ccc(NC(=O)C2CC2)cc1. The van der Waals surface area contributed by atoms with Crippen molar-refractivity contribution in [3.63, 3.8) is 0 Å². The van der Waals surface area contributed by atoms with Gasteiger partial charge >= 0.3 is 0 Å². The van der Waals surface area contributed by atoms with Gasteiger partial charge in [-0.25, -0.2) is 8.42 Å². The molecular weight excluding hydrogens is 440 g/mol. The Kier molecular flexibility index (Phi) is 6.71. The highest BCUT2D eigenvalue weighted by atomic mass is 32.2. The molecule has 2 N–H and O–H groups in total. The normalized spacial score (nSPS) is 16.8. The summed E-state index contributed by atoms with van der Waals surface area (Å²) in [5.41, 5.74) is 2.18. The molecule has 0 aromatic heterocycles. The molecule has 0 radical (unpaired) electrons. The second-order valence-electron chi connectivity index (χ2n) is 8.83. The van der Waals surface area contributed by atoms with Crippen LogP contribution in [0.4, 0.5) is 17.1 Å². The zero-order valence-electron chi connectivity index (χ0n) is 19.0. The predicted octanol–water partition coefficient (Wildman–Crippen LogP) is 3.53. The predicted molar refractivity (Wildman–Crippen MR) is 129 cm³/mol. The van der Waals surface area contributed by atoms with E-state index in [9.17, 15) is 18.0 Å². The van der Waals surface area contributed by atoms with Crippen LogP contribution in [-0.4, -0.2) is 51.7 Å². The molecule has 2 aliphatic rings. The van der Waals surface area contributed by atoms with E-state index < -0.39 is 10.0 Å². The molecule has 2 fully saturated rings. The van der Waals surface area contributed by atoms with E-state index in [4.69, 9.17) is 0 Å². The molecule has 1 aliphatic heterocycles. The van der Waals surface area contributed by atoms with Crippen molar-refractivity contribution < 1.29 is 18.0 Å². The molecule has 2 amide bonds. The van der Waals surface area contributed by atoms with Crippen molar-refractivity contribution in [2.75, 3.05) is 42.7 Å². The van der Waals surface area contributed by atoms with Crippen LogP contribution in [0.25, 0.3) is 0 Å². The fourth-order valence-corrected chi connectivity index (χ4v) is 5.45. The molecule has 0 atom stereocenters. The number of nitrogens with one attached hydrogen (secondary N) is 2. The van der Waals surface area contributed by atoms with Gasteiger partial charge in [-0.05, 0) is 68.1 Å². The molecule has 1 saturated carbocycles. The minimum absolute atomic E-state index is 0.00885. The number of piperidine rings is 1. The van der Waals surface area contributed by atoms with Crippen molar-refractivity contribution in [2.24, 2.45) is 5.92 Å². The smallest absolute Gasteiger partial charge is 0.255 e. The Balaban J connectivity index is 1.53. The van der Waals surface area contributed by atoms with Crippen LogP contribution in [0.2, 0.25) is 0 Å². The number of amides is 2. The summed E-state index contributed by atoms with van der Waals surface area (Å²) in [6.07, 6.45) is 4.60. The Morgan fingerprint density at radius 2 is 1.61 bits per heavy atom. The molecule has 1 heterocycles.